The van der Waals surface area contributed by atoms with E-state index in [0.29, 0.717) is 16.5 Å². The molecule has 2 N–H and O–H groups in total. The Morgan fingerprint density at radius 3 is 2.33 bits per heavy atom. The minimum Gasteiger partial charge on any atom is -0.481 e. The molecule has 0 aliphatic carbocycles. The number of ether oxygens (including phenoxy) is 1. The third-order valence-electron chi connectivity index (χ3n) is 4.92. The van der Waals surface area contributed by atoms with Gasteiger partial charge in [0.15, 0.2) is 0 Å². The molecule has 3 rings (SSSR count). The third-order valence-corrected chi connectivity index (χ3v) is 5.24. The second-order valence-electron chi connectivity index (χ2n) is 7.99. The predicted octanol–water partition coefficient (Wildman–Crippen LogP) is 5.17. The molecule has 0 saturated heterocycles. The Morgan fingerprint density at radius 2 is 1.73 bits per heavy atom. The highest BCUT2D eigenvalue weighted by Gasteiger charge is 2.18. The average molecular weight is 468 g/mol. The summed E-state index contributed by atoms with van der Waals surface area (Å²) < 4.78 is 6.10. The SMILES string of the molecule is CC(C)CC(Oc1ncc(-c2ccccc2Cl)cn1)c1ccc(C(=O)NCCC(=O)O)cc1. The minimum absolute atomic E-state index is 0.0799. The first-order chi connectivity index (χ1) is 15.8. The molecule has 0 bridgehead atoms. The number of carboxylic acid groups (broad SMARTS) is 1. The fourth-order valence-electron chi connectivity index (χ4n) is 3.25. The number of hydrogen-bond donors (Lipinski definition) is 2. The van der Waals surface area contributed by atoms with Gasteiger partial charge in [0.25, 0.3) is 5.91 Å². The van der Waals surface area contributed by atoms with Crippen molar-refractivity contribution in [3.8, 4) is 17.1 Å². The maximum atomic E-state index is 12.2. The molecule has 1 heterocycles. The molecule has 0 aliphatic rings. The number of carbonyl (C=O) groups excluding carboxylic acids is 1. The summed E-state index contributed by atoms with van der Waals surface area (Å²) in [4.78, 5) is 31.5. The van der Waals surface area contributed by atoms with Crippen LogP contribution >= 0.6 is 11.6 Å². The second-order valence-corrected chi connectivity index (χ2v) is 8.40. The van der Waals surface area contributed by atoms with Gasteiger partial charge in [0.1, 0.15) is 6.10 Å². The van der Waals surface area contributed by atoms with Crippen molar-refractivity contribution < 1.29 is 19.4 Å². The summed E-state index contributed by atoms with van der Waals surface area (Å²) in [7, 11) is 0. The third kappa shape index (κ3) is 7.02. The summed E-state index contributed by atoms with van der Waals surface area (Å²) in [6, 6.07) is 14.8. The van der Waals surface area contributed by atoms with E-state index in [9.17, 15) is 9.59 Å². The lowest BCUT2D eigenvalue weighted by Gasteiger charge is -2.20. The van der Waals surface area contributed by atoms with E-state index in [-0.39, 0.29) is 31.0 Å². The van der Waals surface area contributed by atoms with E-state index in [1.165, 1.54) is 0 Å². The van der Waals surface area contributed by atoms with E-state index in [0.717, 1.165) is 23.1 Å². The molecule has 3 aromatic rings. The molecule has 0 radical (unpaired) electrons. The number of hydrogen-bond acceptors (Lipinski definition) is 5. The van der Waals surface area contributed by atoms with Crippen LogP contribution in [0.5, 0.6) is 6.01 Å². The average Bonchev–Trinajstić information content (AvgIpc) is 2.79. The molecule has 7 nitrogen and oxygen atoms in total. The van der Waals surface area contributed by atoms with Gasteiger partial charge < -0.3 is 15.2 Å². The number of aliphatic carboxylic acids is 1. The van der Waals surface area contributed by atoms with Crippen LogP contribution in [-0.4, -0.2) is 33.5 Å². The first-order valence-corrected chi connectivity index (χ1v) is 11.0. The topological polar surface area (TPSA) is 101 Å². The number of nitrogens with zero attached hydrogens (tertiary/aromatic N) is 2. The summed E-state index contributed by atoms with van der Waals surface area (Å²) >= 11 is 6.26. The van der Waals surface area contributed by atoms with Crippen LogP contribution in [0.2, 0.25) is 5.02 Å². The van der Waals surface area contributed by atoms with Crippen LogP contribution in [0.3, 0.4) is 0 Å². The van der Waals surface area contributed by atoms with Crippen molar-refractivity contribution in [1.82, 2.24) is 15.3 Å². The largest absolute Gasteiger partial charge is 0.481 e. The molecule has 33 heavy (non-hydrogen) atoms. The molecule has 1 amide bonds. The van der Waals surface area contributed by atoms with Gasteiger partial charge in [-0.2, -0.15) is 0 Å². The number of aromatic nitrogens is 2. The minimum atomic E-state index is -0.957. The van der Waals surface area contributed by atoms with Gasteiger partial charge in [-0.1, -0.05) is 55.8 Å². The Morgan fingerprint density at radius 1 is 1.06 bits per heavy atom. The lowest BCUT2D eigenvalue weighted by Crippen LogP contribution is -2.26. The van der Waals surface area contributed by atoms with Crippen LogP contribution in [0.25, 0.3) is 11.1 Å². The summed E-state index contributed by atoms with van der Waals surface area (Å²) in [5, 5.41) is 11.9. The highest BCUT2D eigenvalue weighted by molar-refractivity contribution is 6.33. The van der Waals surface area contributed by atoms with Crippen LogP contribution in [0, 0.1) is 5.92 Å². The highest BCUT2D eigenvalue weighted by Crippen LogP contribution is 2.29. The summed E-state index contributed by atoms with van der Waals surface area (Å²) in [6.45, 7) is 4.28. The van der Waals surface area contributed by atoms with Gasteiger partial charge in [-0.05, 0) is 36.1 Å². The van der Waals surface area contributed by atoms with Gasteiger partial charge in [0.05, 0.1) is 6.42 Å². The molecule has 1 aromatic heterocycles. The molecule has 0 saturated carbocycles. The van der Waals surface area contributed by atoms with Crippen LogP contribution < -0.4 is 10.1 Å². The van der Waals surface area contributed by atoms with Gasteiger partial charge >= 0.3 is 12.0 Å². The van der Waals surface area contributed by atoms with Crippen LogP contribution in [-0.2, 0) is 4.79 Å². The molecule has 2 aromatic carbocycles. The Balaban J connectivity index is 1.71. The van der Waals surface area contributed by atoms with E-state index in [4.69, 9.17) is 21.4 Å². The van der Waals surface area contributed by atoms with Crippen LogP contribution in [0.15, 0.2) is 60.9 Å². The fourth-order valence-corrected chi connectivity index (χ4v) is 3.50. The molecule has 0 aliphatic heterocycles. The number of carboxylic acids is 1. The van der Waals surface area contributed by atoms with Crippen molar-refractivity contribution in [3.63, 3.8) is 0 Å². The van der Waals surface area contributed by atoms with Gasteiger partial charge in [0.2, 0.25) is 0 Å². The number of benzene rings is 2. The van der Waals surface area contributed by atoms with Gasteiger partial charge in [-0.25, -0.2) is 9.97 Å². The van der Waals surface area contributed by atoms with E-state index < -0.39 is 5.97 Å². The molecular weight excluding hydrogens is 442 g/mol. The standard InChI is InChI=1S/C25H26ClN3O4/c1-16(2)13-22(17-7-9-18(10-8-17)24(32)27-12-11-23(30)31)33-25-28-14-19(15-29-25)20-5-3-4-6-21(20)26/h3-10,14-16,22H,11-13H2,1-2H3,(H,27,32)(H,30,31). The van der Waals surface area contributed by atoms with Gasteiger partial charge in [0, 0.05) is 40.7 Å². The Hall–Kier alpha value is -3.45. The normalized spacial score (nSPS) is 11.8. The molecule has 1 atom stereocenters. The molecule has 8 heteroatoms. The lowest BCUT2D eigenvalue weighted by molar-refractivity contribution is -0.136. The molecular formula is C25H26ClN3O4. The number of halogens is 1. The maximum absolute atomic E-state index is 12.2. The van der Waals surface area contributed by atoms with Gasteiger partial charge in [-0.15, -0.1) is 0 Å². The van der Waals surface area contributed by atoms with E-state index in [2.05, 4.69) is 29.1 Å². The van der Waals surface area contributed by atoms with Crippen molar-refractivity contribution in [1.29, 1.82) is 0 Å². The number of carbonyl (C=O) groups is 2. The van der Waals surface area contributed by atoms with Crippen molar-refractivity contribution in [3.05, 3.63) is 77.1 Å². The summed E-state index contributed by atoms with van der Waals surface area (Å²) in [5.74, 6) is -0.916. The summed E-state index contributed by atoms with van der Waals surface area (Å²) in [6.07, 6.45) is 3.69. The zero-order chi connectivity index (χ0) is 23.8. The molecule has 1 unspecified atom stereocenters. The van der Waals surface area contributed by atoms with Crippen molar-refractivity contribution in [2.75, 3.05) is 6.54 Å². The zero-order valence-electron chi connectivity index (χ0n) is 18.5. The highest BCUT2D eigenvalue weighted by atomic mass is 35.5. The fraction of sp³-hybridized carbons (Fsp3) is 0.280. The van der Waals surface area contributed by atoms with Crippen LogP contribution in [0.4, 0.5) is 0 Å². The lowest BCUT2D eigenvalue weighted by atomic mass is 9.98. The van der Waals surface area contributed by atoms with Crippen molar-refractivity contribution in [2.24, 2.45) is 5.92 Å². The first-order valence-electron chi connectivity index (χ1n) is 10.7. The maximum Gasteiger partial charge on any atom is 0.316 e. The Kier molecular flexibility index (Phi) is 8.38. The molecule has 172 valence electrons. The number of rotatable bonds is 10. The van der Waals surface area contributed by atoms with Crippen molar-refractivity contribution >= 4 is 23.5 Å². The van der Waals surface area contributed by atoms with E-state index in [1.54, 1.807) is 24.5 Å². The monoisotopic (exact) mass is 467 g/mol. The number of nitrogens with one attached hydrogen (secondary N) is 1. The first kappa shape index (κ1) is 24.2. The smallest absolute Gasteiger partial charge is 0.316 e. The van der Waals surface area contributed by atoms with Crippen LogP contribution in [0.1, 0.15) is 48.7 Å². The molecule has 0 fully saturated rings. The zero-order valence-corrected chi connectivity index (χ0v) is 19.2. The second kappa shape index (κ2) is 11.4. The van der Waals surface area contributed by atoms with Crippen molar-refractivity contribution in [2.45, 2.75) is 32.8 Å². The predicted molar refractivity (Wildman–Crippen MR) is 126 cm³/mol. The summed E-state index contributed by atoms with van der Waals surface area (Å²) in [5.41, 5.74) is 2.99. The Bertz CT molecular complexity index is 1090. The molecule has 0 spiro atoms. The van der Waals surface area contributed by atoms with Gasteiger partial charge in [-0.3, -0.25) is 9.59 Å². The van der Waals surface area contributed by atoms with E-state index >= 15 is 0 Å². The Labute approximate surface area is 197 Å². The van der Waals surface area contributed by atoms with E-state index in [1.807, 2.05) is 36.4 Å². The quantitative estimate of drug-likeness (QED) is 0.426. The number of amides is 1.